The maximum absolute atomic E-state index is 8.60. The average Bonchev–Trinajstić information content (AvgIpc) is 2.03. The lowest BCUT2D eigenvalue weighted by atomic mass is 10.0. The van der Waals surface area contributed by atoms with E-state index in [1.54, 1.807) is 12.4 Å². The van der Waals surface area contributed by atoms with Crippen LogP contribution in [-0.2, 0) is 0 Å². The Morgan fingerprint density at radius 2 is 2.27 bits per heavy atom. The molecule has 2 heteroatoms. The molecule has 0 aromatic carbocycles. The third-order valence-electron chi connectivity index (χ3n) is 1.59. The van der Waals surface area contributed by atoms with Crippen LogP contribution < -0.4 is 0 Å². The largest absolute Gasteiger partial charge is 0.264 e. The van der Waals surface area contributed by atoms with Crippen LogP contribution in [0.1, 0.15) is 24.0 Å². The predicted molar refractivity (Wildman–Crippen MR) is 43.0 cm³/mol. The molecule has 1 aromatic heterocycles. The van der Waals surface area contributed by atoms with Crippen LogP contribution in [0.3, 0.4) is 0 Å². The van der Waals surface area contributed by atoms with Crippen molar-refractivity contribution in [3.8, 4) is 6.07 Å². The van der Waals surface area contributed by atoms with E-state index in [1.165, 1.54) is 0 Å². The van der Waals surface area contributed by atoms with E-state index >= 15 is 0 Å². The molecule has 1 unspecified atom stereocenters. The van der Waals surface area contributed by atoms with E-state index in [0.29, 0.717) is 0 Å². The van der Waals surface area contributed by atoms with Crippen LogP contribution in [0.25, 0.3) is 0 Å². The zero-order valence-electron chi connectivity index (χ0n) is 6.70. The van der Waals surface area contributed by atoms with Crippen molar-refractivity contribution in [1.82, 2.24) is 4.98 Å². The Morgan fingerprint density at radius 3 is 2.82 bits per heavy atom. The number of rotatable bonds is 1. The summed E-state index contributed by atoms with van der Waals surface area (Å²) in [6, 6.07) is 4.16. The van der Waals surface area contributed by atoms with Gasteiger partial charge in [-0.05, 0) is 25.0 Å². The number of nitrogens with zero attached hydrogens (tertiary/aromatic N) is 2. The van der Waals surface area contributed by atoms with E-state index in [9.17, 15) is 0 Å². The lowest BCUT2D eigenvalue weighted by Gasteiger charge is -2.01. The van der Waals surface area contributed by atoms with Crippen LogP contribution in [-0.4, -0.2) is 4.98 Å². The third-order valence-corrected chi connectivity index (χ3v) is 1.59. The first-order valence-corrected chi connectivity index (χ1v) is 3.55. The Bertz CT molecular complexity index is 286. The van der Waals surface area contributed by atoms with Crippen LogP contribution in [0.4, 0.5) is 0 Å². The molecule has 1 rings (SSSR count). The van der Waals surface area contributed by atoms with Crippen LogP contribution in [0.2, 0.25) is 0 Å². The number of hydrogen-bond donors (Lipinski definition) is 0. The van der Waals surface area contributed by atoms with Gasteiger partial charge in [-0.3, -0.25) is 4.98 Å². The molecule has 0 radical (unpaired) electrons. The highest BCUT2D eigenvalue weighted by atomic mass is 14.6. The number of pyridine rings is 1. The normalized spacial score (nSPS) is 12.1. The fourth-order valence-electron chi connectivity index (χ4n) is 0.890. The van der Waals surface area contributed by atoms with Crippen LogP contribution in [0, 0.1) is 18.3 Å². The molecular weight excluding hydrogens is 136 g/mol. The Hall–Kier alpha value is -1.36. The van der Waals surface area contributed by atoms with Gasteiger partial charge < -0.3 is 0 Å². The van der Waals surface area contributed by atoms with Crippen molar-refractivity contribution in [2.45, 2.75) is 19.8 Å². The Morgan fingerprint density at radius 1 is 1.55 bits per heavy atom. The molecule has 2 nitrogen and oxygen atoms in total. The maximum atomic E-state index is 8.60. The first-order valence-electron chi connectivity index (χ1n) is 3.55. The van der Waals surface area contributed by atoms with Crippen molar-refractivity contribution in [3.05, 3.63) is 29.6 Å². The summed E-state index contributed by atoms with van der Waals surface area (Å²) in [7, 11) is 0. The molecule has 0 bridgehead atoms. The van der Waals surface area contributed by atoms with Crippen molar-refractivity contribution in [2.75, 3.05) is 0 Å². The fraction of sp³-hybridized carbons (Fsp3) is 0.333. The molecule has 1 heterocycles. The summed E-state index contributed by atoms with van der Waals surface area (Å²) in [5.41, 5.74) is 2.09. The van der Waals surface area contributed by atoms with Crippen molar-refractivity contribution in [2.24, 2.45) is 0 Å². The zero-order chi connectivity index (χ0) is 8.27. The second-order valence-corrected chi connectivity index (χ2v) is 2.65. The minimum absolute atomic E-state index is 0.0533. The van der Waals surface area contributed by atoms with Crippen molar-refractivity contribution < 1.29 is 0 Å². The van der Waals surface area contributed by atoms with E-state index in [1.807, 2.05) is 19.9 Å². The molecule has 0 aliphatic rings. The molecule has 11 heavy (non-hydrogen) atoms. The molecule has 0 N–H and O–H groups in total. The summed E-state index contributed by atoms with van der Waals surface area (Å²) < 4.78 is 0. The first kappa shape index (κ1) is 7.74. The number of aryl methyl sites for hydroxylation is 1. The van der Waals surface area contributed by atoms with Crippen LogP contribution in [0.5, 0.6) is 0 Å². The van der Waals surface area contributed by atoms with Gasteiger partial charge >= 0.3 is 0 Å². The summed E-state index contributed by atoms with van der Waals surface area (Å²) in [6.45, 7) is 3.84. The fourth-order valence-corrected chi connectivity index (χ4v) is 0.890. The molecule has 0 saturated heterocycles. The second kappa shape index (κ2) is 3.16. The summed E-state index contributed by atoms with van der Waals surface area (Å²) in [5.74, 6) is -0.0533. The minimum atomic E-state index is -0.0533. The lowest BCUT2D eigenvalue weighted by molar-refractivity contribution is 0.962. The second-order valence-electron chi connectivity index (χ2n) is 2.65. The maximum Gasteiger partial charge on any atom is 0.0701 e. The summed E-state index contributed by atoms with van der Waals surface area (Å²) in [4.78, 5) is 4.00. The third kappa shape index (κ3) is 1.78. The number of hydrogen-bond acceptors (Lipinski definition) is 2. The Kier molecular flexibility index (Phi) is 2.22. The van der Waals surface area contributed by atoms with Gasteiger partial charge in [0.1, 0.15) is 0 Å². The van der Waals surface area contributed by atoms with E-state index in [2.05, 4.69) is 11.1 Å². The molecule has 0 aliphatic carbocycles. The highest BCUT2D eigenvalue weighted by molar-refractivity contribution is 5.24. The van der Waals surface area contributed by atoms with E-state index in [4.69, 9.17) is 5.26 Å². The van der Waals surface area contributed by atoms with Crippen molar-refractivity contribution in [1.29, 1.82) is 5.26 Å². The lowest BCUT2D eigenvalue weighted by Crippen LogP contribution is -1.90. The van der Waals surface area contributed by atoms with Gasteiger partial charge in [0.2, 0.25) is 0 Å². The quantitative estimate of drug-likeness (QED) is 0.607. The molecule has 0 fully saturated rings. The summed E-state index contributed by atoms with van der Waals surface area (Å²) >= 11 is 0. The molecule has 56 valence electrons. The highest BCUT2D eigenvalue weighted by Crippen LogP contribution is 2.12. The van der Waals surface area contributed by atoms with Gasteiger partial charge in [-0.2, -0.15) is 5.26 Å². The minimum Gasteiger partial charge on any atom is -0.264 e. The molecule has 1 aromatic rings. The molecule has 1 atom stereocenters. The number of aromatic nitrogens is 1. The van der Waals surface area contributed by atoms with Gasteiger partial charge in [-0.15, -0.1) is 0 Å². The standard InChI is InChI=1S/C9H10N2/c1-7-3-9(6-11-5-7)8(2)4-10/h3,5-6,8H,1-2H3. The molecule has 0 amide bonds. The molecule has 0 saturated carbocycles. The predicted octanol–water partition coefficient (Wildman–Crippen LogP) is 2.02. The smallest absolute Gasteiger partial charge is 0.0701 e. The summed E-state index contributed by atoms with van der Waals surface area (Å²) in [6.07, 6.45) is 3.52. The van der Waals surface area contributed by atoms with E-state index in [0.717, 1.165) is 11.1 Å². The van der Waals surface area contributed by atoms with Crippen LogP contribution in [0.15, 0.2) is 18.5 Å². The van der Waals surface area contributed by atoms with E-state index < -0.39 is 0 Å². The zero-order valence-corrected chi connectivity index (χ0v) is 6.70. The topological polar surface area (TPSA) is 36.7 Å². The highest BCUT2D eigenvalue weighted by Gasteiger charge is 2.02. The SMILES string of the molecule is Cc1cncc(C(C)C#N)c1. The average molecular weight is 146 g/mol. The summed E-state index contributed by atoms with van der Waals surface area (Å²) in [5, 5.41) is 8.60. The Balaban J connectivity index is 2.98. The van der Waals surface area contributed by atoms with E-state index in [-0.39, 0.29) is 5.92 Å². The molecular formula is C9H10N2. The number of nitriles is 1. The van der Waals surface area contributed by atoms with Crippen molar-refractivity contribution in [3.63, 3.8) is 0 Å². The van der Waals surface area contributed by atoms with Gasteiger partial charge in [0.15, 0.2) is 0 Å². The van der Waals surface area contributed by atoms with Gasteiger partial charge in [-0.1, -0.05) is 6.07 Å². The molecule has 0 spiro atoms. The van der Waals surface area contributed by atoms with Gasteiger partial charge in [0, 0.05) is 12.4 Å². The first-order chi connectivity index (χ1) is 5.24. The van der Waals surface area contributed by atoms with Gasteiger partial charge in [0.25, 0.3) is 0 Å². The van der Waals surface area contributed by atoms with Crippen molar-refractivity contribution >= 4 is 0 Å². The van der Waals surface area contributed by atoms with Crippen LogP contribution >= 0.6 is 0 Å². The molecule has 0 aliphatic heterocycles. The monoisotopic (exact) mass is 146 g/mol. The Labute approximate surface area is 66.5 Å². The van der Waals surface area contributed by atoms with Gasteiger partial charge in [-0.25, -0.2) is 0 Å². The van der Waals surface area contributed by atoms with Gasteiger partial charge in [0.05, 0.1) is 12.0 Å².